The Bertz CT molecular complexity index is 202. The van der Waals surface area contributed by atoms with E-state index in [0.29, 0.717) is 12.8 Å². The summed E-state index contributed by atoms with van der Waals surface area (Å²) >= 11 is 4.81. The van der Waals surface area contributed by atoms with E-state index in [1.807, 2.05) is 0 Å². The topological polar surface area (TPSA) is 0 Å². The van der Waals surface area contributed by atoms with Crippen molar-refractivity contribution in [2.75, 3.05) is 0 Å². The Morgan fingerprint density at radius 3 is 1.93 bits per heavy atom. The smallest absolute Gasteiger partial charge is 0.198 e. The maximum atomic E-state index is 13.2. The zero-order chi connectivity index (χ0) is 11.0. The zero-order valence-electron chi connectivity index (χ0n) is 7.25. The molecule has 0 unspecified atom stereocenters. The quantitative estimate of drug-likeness (QED) is 0.510. The fourth-order valence-electron chi connectivity index (χ4n) is 1.70. The minimum absolute atomic E-state index is 0.143. The van der Waals surface area contributed by atoms with Crippen LogP contribution in [0.3, 0.4) is 0 Å². The van der Waals surface area contributed by atoms with Crippen LogP contribution < -0.4 is 0 Å². The minimum Gasteiger partial charge on any atom is -0.198 e. The summed E-state index contributed by atoms with van der Waals surface area (Å²) in [5, 5.41) is 0. The molecule has 0 saturated heterocycles. The van der Waals surface area contributed by atoms with E-state index >= 15 is 0 Å². The van der Waals surface area contributed by atoms with E-state index < -0.39 is 21.5 Å². The molecular weight excluding hydrogens is 332 g/mol. The monoisotopic (exact) mass is 340 g/mol. The molecule has 0 bridgehead atoms. The first kappa shape index (κ1) is 12.7. The maximum absolute atomic E-state index is 13.2. The van der Waals surface area contributed by atoms with Crippen molar-refractivity contribution in [1.29, 1.82) is 0 Å². The number of halogens is 6. The lowest BCUT2D eigenvalue weighted by Gasteiger charge is -2.35. The molecule has 0 nitrogen and oxygen atoms in total. The average Bonchev–Trinajstić information content (AvgIpc) is 2.02. The van der Waals surface area contributed by atoms with Gasteiger partial charge in [-0.2, -0.15) is 17.6 Å². The third kappa shape index (κ3) is 2.43. The summed E-state index contributed by atoms with van der Waals surface area (Å²) in [6, 6.07) is 0. The molecule has 0 heterocycles. The molecular formula is C8H10Br2F4. The van der Waals surface area contributed by atoms with Crippen molar-refractivity contribution in [2.45, 2.75) is 41.3 Å². The van der Waals surface area contributed by atoms with Crippen molar-refractivity contribution < 1.29 is 17.6 Å². The summed E-state index contributed by atoms with van der Waals surface area (Å²) in [5.74, 6) is -5.27. The molecule has 0 N–H and O–H groups in total. The molecule has 1 aliphatic rings. The van der Waals surface area contributed by atoms with Gasteiger partial charge in [0.25, 0.3) is 0 Å². The van der Waals surface area contributed by atoms with Crippen LogP contribution in [-0.4, -0.2) is 15.6 Å². The van der Waals surface area contributed by atoms with Crippen LogP contribution in [-0.2, 0) is 0 Å². The Balaban J connectivity index is 2.79. The van der Waals surface area contributed by atoms with E-state index in [1.165, 1.54) is 0 Å². The molecule has 1 aliphatic carbocycles. The summed E-state index contributed by atoms with van der Waals surface area (Å²) in [4.78, 5) is -4.64. The molecule has 2 atom stereocenters. The van der Waals surface area contributed by atoms with Crippen LogP contribution in [0, 0.1) is 5.92 Å². The Labute approximate surface area is 96.7 Å². The highest BCUT2D eigenvalue weighted by molar-refractivity contribution is 9.10. The van der Waals surface area contributed by atoms with E-state index in [1.54, 1.807) is 15.9 Å². The van der Waals surface area contributed by atoms with E-state index in [-0.39, 0.29) is 6.42 Å². The lowest BCUT2D eigenvalue weighted by atomic mass is 9.84. The van der Waals surface area contributed by atoms with Crippen molar-refractivity contribution in [3.63, 3.8) is 0 Å². The molecule has 1 saturated carbocycles. The van der Waals surface area contributed by atoms with E-state index in [4.69, 9.17) is 0 Å². The van der Waals surface area contributed by atoms with Gasteiger partial charge in [0, 0.05) is 10.7 Å². The molecule has 14 heavy (non-hydrogen) atoms. The Hall–Kier alpha value is 0.680. The van der Waals surface area contributed by atoms with Crippen LogP contribution >= 0.6 is 31.9 Å². The van der Waals surface area contributed by atoms with Gasteiger partial charge in [-0.3, -0.25) is 0 Å². The van der Waals surface area contributed by atoms with Gasteiger partial charge in [0.15, 0.2) is 0 Å². The molecule has 1 fully saturated rings. The van der Waals surface area contributed by atoms with E-state index in [2.05, 4.69) is 15.9 Å². The van der Waals surface area contributed by atoms with Crippen LogP contribution in [0.1, 0.15) is 25.7 Å². The van der Waals surface area contributed by atoms with Crippen molar-refractivity contribution in [3.05, 3.63) is 0 Å². The average molecular weight is 342 g/mol. The second kappa shape index (κ2) is 4.28. The summed E-state index contributed by atoms with van der Waals surface area (Å²) in [5.41, 5.74) is 0. The molecule has 0 aromatic heterocycles. The Kier molecular flexibility index (Phi) is 3.89. The first-order valence-corrected chi connectivity index (χ1v) is 6.06. The highest BCUT2D eigenvalue weighted by Gasteiger charge is 2.60. The number of hydrogen-bond acceptors (Lipinski definition) is 0. The molecule has 0 amide bonds. The lowest BCUT2D eigenvalue weighted by Crippen LogP contribution is -2.47. The van der Waals surface area contributed by atoms with Crippen LogP contribution in [0.15, 0.2) is 0 Å². The maximum Gasteiger partial charge on any atom is 0.363 e. The first-order chi connectivity index (χ1) is 6.27. The van der Waals surface area contributed by atoms with Gasteiger partial charge >= 0.3 is 10.8 Å². The summed E-state index contributed by atoms with van der Waals surface area (Å²) < 4.78 is 51.7. The summed E-state index contributed by atoms with van der Waals surface area (Å²) in [6.45, 7) is 0. The van der Waals surface area contributed by atoms with Gasteiger partial charge in [-0.1, -0.05) is 28.8 Å². The van der Waals surface area contributed by atoms with Gasteiger partial charge in [0.05, 0.1) is 0 Å². The molecule has 84 valence electrons. The predicted molar refractivity (Wildman–Crippen MR) is 53.5 cm³/mol. The van der Waals surface area contributed by atoms with Crippen molar-refractivity contribution in [2.24, 2.45) is 5.92 Å². The van der Waals surface area contributed by atoms with Gasteiger partial charge in [-0.15, -0.1) is 0 Å². The van der Waals surface area contributed by atoms with Gasteiger partial charge in [-0.05, 0) is 28.8 Å². The van der Waals surface area contributed by atoms with Crippen LogP contribution in [0.5, 0.6) is 0 Å². The second-order valence-electron chi connectivity index (χ2n) is 3.53. The minimum atomic E-state index is -4.12. The highest BCUT2D eigenvalue weighted by atomic mass is 79.9. The van der Waals surface area contributed by atoms with Crippen molar-refractivity contribution >= 4 is 31.9 Å². The van der Waals surface area contributed by atoms with Gasteiger partial charge in [-0.25, -0.2) is 0 Å². The van der Waals surface area contributed by atoms with Gasteiger partial charge < -0.3 is 0 Å². The molecule has 0 aliphatic heterocycles. The molecule has 0 radical (unpaired) electrons. The number of alkyl halides is 6. The number of hydrogen-bond donors (Lipinski definition) is 0. The largest absolute Gasteiger partial charge is 0.363 e. The standard InChI is InChI=1S/C8H10Br2F4/c9-6-4-2-1-3-5(6)7(11,12)8(10,13)14/h5-6H,1-4H2/t5-,6-/m0/s1. The molecule has 0 aromatic carbocycles. The molecule has 6 heteroatoms. The van der Waals surface area contributed by atoms with Crippen LogP contribution in [0.2, 0.25) is 0 Å². The molecule has 0 aromatic rings. The van der Waals surface area contributed by atoms with Crippen molar-refractivity contribution in [1.82, 2.24) is 0 Å². The third-order valence-corrected chi connectivity index (χ3v) is 4.15. The highest BCUT2D eigenvalue weighted by Crippen LogP contribution is 2.50. The number of rotatable bonds is 2. The normalized spacial score (nSPS) is 30.4. The lowest BCUT2D eigenvalue weighted by molar-refractivity contribution is -0.185. The third-order valence-electron chi connectivity index (χ3n) is 2.53. The predicted octanol–water partition coefficient (Wildman–Crippen LogP) is 4.56. The van der Waals surface area contributed by atoms with Crippen LogP contribution in [0.4, 0.5) is 17.6 Å². The second-order valence-corrected chi connectivity index (χ2v) is 5.70. The van der Waals surface area contributed by atoms with Crippen molar-refractivity contribution in [3.8, 4) is 0 Å². The summed E-state index contributed by atoms with van der Waals surface area (Å²) in [6.07, 6.45) is 2.08. The van der Waals surface area contributed by atoms with E-state index in [0.717, 1.165) is 6.42 Å². The fourth-order valence-corrected chi connectivity index (χ4v) is 2.92. The summed E-state index contributed by atoms with van der Waals surface area (Å²) in [7, 11) is 0. The SMILES string of the molecule is FC(F)(Br)C(F)(F)[C@H]1CCCC[C@@H]1Br. The zero-order valence-corrected chi connectivity index (χ0v) is 10.4. The molecule has 0 spiro atoms. The first-order valence-electron chi connectivity index (χ1n) is 4.35. The van der Waals surface area contributed by atoms with Crippen LogP contribution in [0.25, 0.3) is 0 Å². The fraction of sp³-hybridized carbons (Fsp3) is 1.00. The Morgan fingerprint density at radius 1 is 1.00 bits per heavy atom. The van der Waals surface area contributed by atoms with E-state index in [9.17, 15) is 17.6 Å². The van der Waals surface area contributed by atoms with Gasteiger partial charge in [0.2, 0.25) is 0 Å². The molecule has 1 rings (SSSR count). The Morgan fingerprint density at radius 2 is 1.50 bits per heavy atom. The van der Waals surface area contributed by atoms with Gasteiger partial charge in [0.1, 0.15) is 0 Å².